The first-order valence-corrected chi connectivity index (χ1v) is 5.74. The molecule has 0 heterocycles. The Hall–Kier alpha value is -1.56. The summed E-state index contributed by atoms with van der Waals surface area (Å²) in [5, 5.41) is 0. The number of hydrogen-bond acceptors (Lipinski definition) is 0. The van der Waals surface area contributed by atoms with Gasteiger partial charge in [-0.05, 0) is 32.8 Å². The van der Waals surface area contributed by atoms with E-state index in [1.54, 1.807) is 0 Å². The van der Waals surface area contributed by atoms with Crippen molar-refractivity contribution < 1.29 is 0 Å². The maximum atomic E-state index is 2.20. The average molecular weight is 244 g/mol. The van der Waals surface area contributed by atoms with Gasteiger partial charge < -0.3 is 0 Å². The third kappa shape index (κ3) is 7.67. The van der Waals surface area contributed by atoms with Gasteiger partial charge in [0.05, 0.1) is 0 Å². The summed E-state index contributed by atoms with van der Waals surface area (Å²) >= 11 is 0. The van der Waals surface area contributed by atoms with Crippen LogP contribution in [-0.4, -0.2) is 0 Å². The van der Waals surface area contributed by atoms with Crippen molar-refractivity contribution in [1.82, 2.24) is 0 Å². The van der Waals surface area contributed by atoms with Crippen molar-refractivity contribution >= 4 is 0 Å². The Morgan fingerprint density at radius 3 is 2.56 bits per heavy atom. The Bertz CT molecular complexity index is 396. The van der Waals surface area contributed by atoms with Gasteiger partial charge in [-0.15, -0.1) is 0 Å². The maximum Gasteiger partial charge on any atom is -0.0135 e. The molecule has 0 aliphatic heterocycles. The van der Waals surface area contributed by atoms with E-state index in [4.69, 9.17) is 0 Å². The lowest BCUT2D eigenvalue weighted by Crippen LogP contribution is -1.68. The summed E-state index contributed by atoms with van der Waals surface area (Å²) in [5.74, 6) is 0. The first-order chi connectivity index (χ1) is 7.72. The lowest BCUT2D eigenvalue weighted by atomic mass is 10.2. The second-order valence-electron chi connectivity index (χ2n) is 4.04. The molecule has 0 bridgehead atoms. The molecule has 0 radical (unpaired) electrons. The van der Waals surface area contributed by atoms with Gasteiger partial charge >= 0.3 is 0 Å². The van der Waals surface area contributed by atoms with Crippen LogP contribution in [-0.2, 0) is 0 Å². The highest BCUT2D eigenvalue weighted by Gasteiger charge is 1.91. The largest absolute Gasteiger partial charge is 0.0847 e. The Morgan fingerprint density at radius 2 is 1.89 bits per heavy atom. The van der Waals surface area contributed by atoms with Gasteiger partial charge in [-0.25, -0.2) is 0 Å². The minimum atomic E-state index is 0. The smallest absolute Gasteiger partial charge is 0.0135 e. The van der Waals surface area contributed by atoms with Gasteiger partial charge in [-0.2, -0.15) is 0 Å². The van der Waals surface area contributed by atoms with E-state index < -0.39 is 0 Å². The lowest BCUT2D eigenvalue weighted by molar-refractivity contribution is 1.22. The van der Waals surface area contributed by atoms with Crippen LogP contribution in [0.2, 0.25) is 0 Å². The Morgan fingerprint density at radius 1 is 1.17 bits per heavy atom. The molecular weight excluding hydrogens is 216 g/mol. The van der Waals surface area contributed by atoms with Crippen molar-refractivity contribution in [1.29, 1.82) is 0 Å². The summed E-state index contributed by atoms with van der Waals surface area (Å²) in [6.07, 6.45) is 20.3. The molecule has 0 unspecified atom stereocenters. The molecule has 0 aromatic rings. The van der Waals surface area contributed by atoms with Crippen LogP contribution in [0.3, 0.4) is 0 Å². The molecule has 0 amide bonds. The highest BCUT2D eigenvalue weighted by Crippen LogP contribution is 2.11. The highest BCUT2D eigenvalue weighted by molar-refractivity contribution is 5.39. The molecule has 0 aromatic carbocycles. The monoisotopic (exact) mass is 244 g/mol. The third-order valence-electron chi connectivity index (χ3n) is 2.52. The third-order valence-corrected chi connectivity index (χ3v) is 2.52. The number of rotatable bonds is 3. The molecule has 0 atom stereocenters. The van der Waals surface area contributed by atoms with Crippen LogP contribution in [0.5, 0.6) is 0 Å². The molecule has 1 aliphatic rings. The van der Waals surface area contributed by atoms with Crippen LogP contribution in [0.15, 0.2) is 71.4 Å². The summed E-state index contributed by atoms with van der Waals surface area (Å²) in [4.78, 5) is 0. The molecule has 18 heavy (non-hydrogen) atoms. The van der Waals surface area contributed by atoms with Crippen LogP contribution >= 0.6 is 0 Å². The molecule has 1 aliphatic carbocycles. The van der Waals surface area contributed by atoms with Crippen LogP contribution in [0.25, 0.3) is 0 Å². The van der Waals surface area contributed by atoms with Gasteiger partial charge in [0.1, 0.15) is 0 Å². The van der Waals surface area contributed by atoms with Crippen molar-refractivity contribution in [3.05, 3.63) is 71.4 Å². The quantitative estimate of drug-likeness (QED) is 0.521. The van der Waals surface area contributed by atoms with E-state index in [0.717, 1.165) is 6.42 Å². The van der Waals surface area contributed by atoms with Crippen molar-refractivity contribution in [2.75, 3.05) is 0 Å². The highest BCUT2D eigenvalue weighted by atomic mass is 14.0. The summed E-state index contributed by atoms with van der Waals surface area (Å²) in [5.41, 5.74) is 3.94. The van der Waals surface area contributed by atoms with Crippen molar-refractivity contribution in [3.8, 4) is 0 Å². The number of hydrogen-bond donors (Lipinski definition) is 0. The van der Waals surface area contributed by atoms with Gasteiger partial charge in [0.2, 0.25) is 0 Å². The normalized spacial score (nSPS) is 15.8. The van der Waals surface area contributed by atoms with E-state index in [2.05, 4.69) is 68.5 Å². The second kappa shape index (κ2) is 10.6. The predicted octanol–water partition coefficient (Wildman–Crippen LogP) is 6.17. The Kier molecular flexibility index (Phi) is 11.1. The molecule has 0 saturated heterocycles. The minimum absolute atomic E-state index is 0. The zero-order chi connectivity index (χ0) is 11.8. The molecule has 0 nitrogen and oxygen atoms in total. The zero-order valence-corrected chi connectivity index (χ0v) is 10.4. The van der Waals surface area contributed by atoms with Crippen LogP contribution < -0.4 is 0 Å². The molecule has 0 heteroatoms. The minimum Gasteiger partial charge on any atom is -0.0847 e. The molecule has 0 aromatic heterocycles. The molecule has 0 N–H and O–H groups in total. The van der Waals surface area contributed by atoms with Crippen LogP contribution in [0.4, 0.5) is 0 Å². The van der Waals surface area contributed by atoms with Crippen molar-refractivity contribution in [3.63, 3.8) is 0 Å². The fourth-order valence-electron chi connectivity index (χ4n) is 1.32. The summed E-state index contributed by atoms with van der Waals surface area (Å²) in [7, 11) is 0. The summed E-state index contributed by atoms with van der Waals surface area (Å²) in [6, 6.07) is 0. The van der Waals surface area contributed by atoms with Crippen molar-refractivity contribution in [2.45, 2.75) is 42.0 Å². The van der Waals surface area contributed by atoms with E-state index in [1.165, 1.54) is 16.7 Å². The summed E-state index contributed by atoms with van der Waals surface area (Å²) < 4.78 is 0. The van der Waals surface area contributed by atoms with Gasteiger partial charge in [-0.3, -0.25) is 0 Å². The topological polar surface area (TPSA) is 0 Å². The zero-order valence-electron chi connectivity index (χ0n) is 10.4. The molecule has 0 spiro atoms. The fourth-order valence-corrected chi connectivity index (χ4v) is 1.32. The predicted molar refractivity (Wildman–Crippen MR) is 86.8 cm³/mol. The molecule has 0 fully saturated rings. The van der Waals surface area contributed by atoms with Crippen molar-refractivity contribution in [2.24, 2.45) is 0 Å². The van der Waals surface area contributed by atoms with E-state index >= 15 is 0 Å². The SMILES string of the molecule is C.C.C\C=C(C)/C=C\C=C\C1=CC=C(C)CC=C1. The molecular formula is C18H28. The van der Waals surface area contributed by atoms with Gasteiger partial charge in [0, 0.05) is 0 Å². The van der Waals surface area contributed by atoms with Gasteiger partial charge in [0.15, 0.2) is 0 Å². The van der Waals surface area contributed by atoms with Crippen LogP contribution in [0.1, 0.15) is 42.0 Å². The first kappa shape index (κ1) is 18.8. The molecule has 100 valence electrons. The van der Waals surface area contributed by atoms with E-state index in [1.807, 2.05) is 6.92 Å². The Labute approximate surface area is 114 Å². The van der Waals surface area contributed by atoms with Gasteiger partial charge in [0.25, 0.3) is 0 Å². The standard InChI is InChI=1S/C16H20.2CH4/c1-4-14(2)8-5-6-10-16-11-7-9-15(3)12-13-16;;/h4-8,10-13H,9H2,1-3H3;2*1H4/b8-5-,10-6+,14-4-;;. The lowest BCUT2D eigenvalue weighted by Gasteiger charge is -1.89. The van der Waals surface area contributed by atoms with E-state index in [-0.39, 0.29) is 14.9 Å². The van der Waals surface area contributed by atoms with Crippen LogP contribution in [0, 0.1) is 0 Å². The average Bonchev–Trinajstić information content (AvgIpc) is 2.49. The fraction of sp³-hybridized carbons (Fsp3) is 0.333. The van der Waals surface area contributed by atoms with E-state index in [0.29, 0.717) is 0 Å². The summed E-state index contributed by atoms with van der Waals surface area (Å²) in [6.45, 7) is 6.30. The maximum absolute atomic E-state index is 2.20. The van der Waals surface area contributed by atoms with E-state index in [9.17, 15) is 0 Å². The van der Waals surface area contributed by atoms with Gasteiger partial charge in [-0.1, -0.05) is 80.7 Å². The molecule has 0 saturated carbocycles. The first-order valence-electron chi connectivity index (χ1n) is 5.74. The second-order valence-corrected chi connectivity index (χ2v) is 4.04. The Balaban J connectivity index is 0. The number of allylic oxidation sites excluding steroid dienone is 12. The molecule has 1 rings (SSSR count).